The van der Waals surface area contributed by atoms with E-state index in [1.165, 1.54) is 11.1 Å². The lowest BCUT2D eigenvalue weighted by molar-refractivity contribution is -0.0576. The largest absolute Gasteiger partial charge is 0.393 e. The summed E-state index contributed by atoms with van der Waals surface area (Å²) in [6, 6.07) is 0.0738. The standard InChI is InChI=1S/C16H24N2O3S/c1-11-9-22-10-12(11)7-17-16(20)18-5-2-3-14(18)13-8-21-6-4-15(13)19/h9-10,13-15,19H,2-8H2,1H3,(H,17,20)/t13-,14+,15-/m0/s1. The predicted molar refractivity (Wildman–Crippen MR) is 86.0 cm³/mol. The van der Waals surface area contributed by atoms with Crippen LogP contribution in [-0.2, 0) is 11.3 Å². The number of hydrogen-bond donors (Lipinski definition) is 2. The minimum absolute atomic E-state index is 0.0223. The van der Waals surface area contributed by atoms with Crippen molar-refractivity contribution in [2.45, 2.75) is 44.9 Å². The van der Waals surface area contributed by atoms with Crippen LogP contribution in [-0.4, -0.2) is 47.9 Å². The zero-order valence-corrected chi connectivity index (χ0v) is 13.8. The van der Waals surface area contributed by atoms with Gasteiger partial charge >= 0.3 is 6.03 Å². The van der Waals surface area contributed by atoms with Crippen LogP contribution in [0.15, 0.2) is 10.8 Å². The number of carbonyl (C=O) groups excluding carboxylic acids is 1. The van der Waals surface area contributed by atoms with E-state index in [0.29, 0.717) is 26.2 Å². The van der Waals surface area contributed by atoms with Crippen LogP contribution < -0.4 is 5.32 Å². The van der Waals surface area contributed by atoms with E-state index in [0.717, 1.165) is 19.4 Å². The first-order valence-electron chi connectivity index (χ1n) is 7.98. The summed E-state index contributed by atoms with van der Waals surface area (Å²) < 4.78 is 5.51. The molecule has 3 heterocycles. The van der Waals surface area contributed by atoms with Crippen LogP contribution in [0.1, 0.15) is 30.4 Å². The summed E-state index contributed by atoms with van der Waals surface area (Å²) in [5.74, 6) is 0.0462. The molecule has 0 bridgehead atoms. The quantitative estimate of drug-likeness (QED) is 0.895. The van der Waals surface area contributed by atoms with E-state index in [1.807, 2.05) is 4.90 Å². The van der Waals surface area contributed by atoms with E-state index in [1.54, 1.807) is 11.3 Å². The fourth-order valence-corrected chi connectivity index (χ4v) is 4.30. The van der Waals surface area contributed by atoms with Gasteiger partial charge in [0.1, 0.15) is 0 Å². The Kier molecular flexibility index (Phi) is 5.00. The molecule has 0 saturated carbocycles. The maximum Gasteiger partial charge on any atom is 0.317 e. The second-order valence-corrected chi connectivity index (χ2v) is 6.98. The lowest BCUT2D eigenvalue weighted by Gasteiger charge is -2.36. The van der Waals surface area contributed by atoms with Gasteiger partial charge in [0.25, 0.3) is 0 Å². The van der Waals surface area contributed by atoms with Crippen LogP contribution in [0.5, 0.6) is 0 Å². The zero-order valence-electron chi connectivity index (χ0n) is 13.0. The van der Waals surface area contributed by atoms with Crippen molar-refractivity contribution in [3.05, 3.63) is 21.9 Å². The fraction of sp³-hybridized carbons (Fsp3) is 0.688. The molecule has 1 aromatic heterocycles. The molecule has 2 aliphatic heterocycles. The third-order valence-electron chi connectivity index (χ3n) is 4.81. The highest BCUT2D eigenvalue weighted by molar-refractivity contribution is 7.08. The van der Waals surface area contributed by atoms with Gasteiger partial charge in [0.15, 0.2) is 0 Å². The average molecular weight is 324 g/mol. The summed E-state index contributed by atoms with van der Waals surface area (Å²) in [5, 5.41) is 17.4. The highest BCUT2D eigenvalue weighted by atomic mass is 32.1. The maximum absolute atomic E-state index is 12.5. The van der Waals surface area contributed by atoms with E-state index in [4.69, 9.17) is 4.74 Å². The highest BCUT2D eigenvalue weighted by Gasteiger charge is 2.39. The van der Waals surface area contributed by atoms with E-state index < -0.39 is 0 Å². The van der Waals surface area contributed by atoms with Gasteiger partial charge < -0.3 is 20.1 Å². The van der Waals surface area contributed by atoms with Gasteiger partial charge in [-0.05, 0) is 48.1 Å². The van der Waals surface area contributed by atoms with E-state index in [9.17, 15) is 9.90 Å². The molecule has 3 rings (SSSR count). The van der Waals surface area contributed by atoms with Gasteiger partial charge in [0.05, 0.1) is 12.7 Å². The van der Waals surface area contributed by atoms with Crippen LogP contribution >= 0.6 is 11.3 Å². The summed E-state index contributed by atoms with van der Waals surface area (Å²) in [4.78, 5) is 14.4. The SMILES string of the molecule is Cc1cscc1CNC(=O)N1CCC[C@@H]1[C@@H]1COCC[C@@H]1O. The molecule has 0 aliphatic carbocycles. The normalized spacial score (nSPS) is 28.8. The minimum Gasteiger partial charge on any atom is -0.393 e. The molecule has 2 fully saturated rings. The summed E-state index contributed by atoms with van der Waals surface area (Å²) in [6.07, 6.45) is 2.27. The molecule has 2 N–H and O–H groups in total. The van der Waals surface area contributed by atoms with E-state index in [2.05, 4.69) is 23.0 Å². The Morgan fingerprint density at radius 2 is 2.36 bits per heavy atom. The number of nitrogens with one attached hydrogen (secondary N) is 1. The Hall–Kier alpha value is -1.11. The van der Waals surface area contributed by atoms with Crippen molar-refractivity contribution in [3.63, 3.8) is 0 Å². The summed E-state index contributed by atoms with van der Waals surface area (Å²) in [7, 11) is 0. The number of urea groups is 1. The fourth-order valence-electron chi connectivity index (χ4n) is 3.45. The van der Waals surface area contributed by atoms with Crippen LogP contribution in [0.3, 0.4) is 0 Å². The summed E-state index contributed by atoms with van der Waals surface area (Å²) in [5.41, 5.74) is 2.40. The maximum atomic E-state index is 12.5. The van der Waals surface area contributed by atoms with Crippen molar-refractivity contribution in [2.75, 3.05) is 19.8 Å². The van der Waals surface area contributed by atoms with Crippen molar-refractivity contribution in [3.8, 4) is 0 Å². The van der Waals surface area contributed by atoms with Gasteiger partial charge in [-0.1, -0.05) is 0 Å². The van der Waals surface area contributed by atoms with Crippen molar-refractivity contribution in [1.29, 1.82) is 0 Å². The molecule has 6 heteroatoms. The molecule has 2 saturated heterocycles. The lowest BCUT2D eigenvalue weighted by atomic mass is 9.89. The molecule has 0 aromatic carbocycles. The third kappa shape index (κ3) is 3.29. The van der Waals surface area contributed by atoms with Gasteiger partial charge in [-0.15, -0.1) is 0 Å². The second-order valence-electron chi connectivity index (χ2n) is 6.24. The average Bonchev–Trinajstić information content (AvgIpc) is 3.14. The molecule has 22 heavy (non-hydrogen) atoms. The number of thiophene rings is 1. The molecule has 122 valence electrons. The third-order valence-corrected chi connectivity index (χ3v) is 5.72. The molecule has 0 spiro atoms. The topological polar surface area (TPSA) is 61.8 Å². The molecule has 2 aliphatic rings. The number of aliphatic hydroxyl groups is 1. The monoisotopic (exact) mass is 324 g/mol. The Morgan fingerprint density at radius 3 is 3.09 bits per heavy atom. The van der Waals surface area contributed by atoms with Crippen molar-refractivity contribution in [2.24, 2.45) is 5.92 Å². The first-order valence-corrected chi connectivity index (χ1v) is 8.93. The number of rotatable bonds is 3. The molecular weight excluding hydrogens is 300 g/mol. The first-order chi connectivity index (χ1) is 10.7. The van der Waals surface area contributed by atoms with Gasteiger partial charge in [0, 0.05) is 31.7 Å². The minimum atomic E-state index is -0.355. The smallest absolute Gasteiger partial charge is 0.317 e. The molecule has 2 amide bonds. The van der Waals surface area contributed by atoms with Gasteiger partial charge in [-0.2, -0.15) is 11.3 Å². The Labute approximate surface area is 135 Å². The number of carbonyl (C=O) groups is 1. The highest BCUT2D eigenvalue weighted by Crippen LogP contribution is 2.29. The van der Waals surface area contributed by atoms with Crippen LogP contribution in [0.2, 0.25) is 0 Å². The molecular formula is C16H24N2O3S. The van der Waals surface area contributed by atoms with E-state index in [-0.39, 0.29) is 24.1 Å². The Balaban J connectivity index is 1.60. The van der Waals surface area contributed by atoms with E-state index >= 15 is 0 Å². The molecule has 1 aromatic rings. The second kappa shape index (κ2) is 6.98. The van der Waals surface area contributed by atoms with Gasteiger partial charge in [0.2, 0.25) is 0 Å². The Bertz CT molecular complexity index is 519. The number of aliphatic hydroxyl groups excluding tert-OH is 1. The number of ether oxygens (including phenoxy) is 1. The van der Waals surface area contributed by atoms with Crippen molar-refractivity contribution in [1.82, 2.24) is 10.2 Å². The molecule has 0 unspecified atom stereocenters. The summed E-state index contributed by atoms with van der Waals surface area (Å²) >= 11 is 1.66. The van der Waals surface area contributed by atoms with Crippen LogP contribution in [0, 0.1) is 12.8 Å². The molecule has 5 nitrogen and oxygen atoms in total. The number of aryl methyl sites for hydroxylation is 1. The number of hydrogen-bond acceptors (Lipinski definition) is 4. The number of nitrogens with zero attached hydrogens (tertiary/aromatic N) is 1. The van der Waals surface area contributed by atoms with Crippen LogP contribution in [0.4, 0.5) is 4.79 Å². The van der Waals surface area contributed by atoms with Gasteiger partial charge in [-0.3, -0.25) is 0 Å². The number of likely N-dealkylation sites (tertiary alicyclic amines) is 1. The number of amides is 2. The summed E-state index contributed by atoms with van der Waals surface area (Å²) in [6.45, 7) is 4.57. The zero-order chi connectivity index (χ0) is 15.5. The first kappa shape index (κ1) is 15.8. The molecule has 3 atom stereocenters. The van der Waals surface area contributed by atoms with Crippen molar-refractivity contribution < 1.29 is 14.6 Å². The Morgan fingerprint density at radius 1 is 1.50 bits per heavy atom. The molecule has 0 radical (unpaired) electrons. The predicted octanol–water partition coefficient (Wildman–Crippen LogP) is 2.13. The lowest BCUT2D eigenvalue weighted by Crippen LogP contribution is -2.50. The van der Waals surface area contributed by atoms with Gasteiger partial charge in [-0.25, -0.2) is 4.79 Å². The van der Waals surface area contributed by atoms with Crippen LogP contribution in [0.25, 0.3) is 0 Å². The van der Waals surface area contributed by atoms with Crippen molar-refractivity contribution >= 4 is 17.4 Å².